The number of aromatic nitrogens is 1. The highest BCUT2D eigenvalue weighted by molar-refractivity contribution is 7.17. The number of anilines is 1. The molecule has 0 aromatic carbocycles. The van der Waals surface area contributed by atoms with Crippen molar-refractivity contribution in [1.82, 2.24) is 4.57 Å². The number of carbonyl (C=O) groups excluding carboxylic acids is 2. The Hall–Kier alpha value is -2.61. The number of carbonyl (C=O) groups is 2. The Morgan fingerprint density at radius 2 is 2.07 bits per heavy atom. The number of fused-ring (bicyclic) bond motifs is 1. The van der Waals surface area contributed by atoms with Gasteiger partial charge < -0.3 is 19.4 Å². The average molecular weight is 390 g/mol. The lowest BCUT2D eigenvalue weighted by Gasteiger charge is -2.12. The fourth-order valence-corrected chi connectivity index (χ4v) is 4.48. The van der Waals surface area contributed by atoms with E-state index in [-0.39, 0.29) is 30.4 Å². The maximum Gasteiger partial charge on any atom is 0.341 e. The van der Waals surface area contributed by atoms with Gasteiger partial charge in [-0.2, -0.15) is 0 Å². The Balaban J connectivity index is 1.85. The van der Waals surface area contributed by atoms with Gasteiger partial charge in [-0.25, -0.2) is 4.79 Å². The van der Waals surface area contributed by atoms with Gasteiger partial charge in [-0.05, 0) is 50.3 Å². The Bertz CT molecular complexity index is 915. The Morgan fingerprint density at radius 1 is 1.30 bits per heavy atom. The smallest absolute Gasteiger partial charge is 0.341 e. The number of methoxy groups -OCH3 is 1. The lowest BCUT2D eigenvalue weighted by Crippen LogP contribution is -2.28. The largest absolute Gasteiger partial charge is 0.491 e. The third-order valence-corrected chi connectivity index (χ3v) is 5.63. The number of ether oxygens (including phenoxy) is 2. The molecule has 27 heavy (non-hydrogen) atoms. The van der Waals surface area contributed by atoms with E-state index in [9.17, 15) is 14.4 Å². The van der Waals surface area contributed by atoms with Crippen LogP contribution in [0.2, 0.25) is 0 Å². The first-order valence-electron chi connectivity index (χ1n) is 8.90. The van der Waals surface area contributed by atoms with Crippen LogP contribution in [0.5, 0.6) is 5.75 Å². The number of pyridine rings is 1. The highest BCUT2D eigenvalue weighted by Gasteiger charge is 2.27. The second kappa shape index (κ2) is 8.39. The molecule has 2 heterocycles. The summed E-state index contributed by atoms with van der Waals surface area (Å²) in [6.07, 6.45) is 5.32. The fourth-order valence-electron chi connectivity index (χ4n) is 3.19. The van der Waals surface area contributed by atoms with Crippen LogP contribution in [0.1, 0.15) is 40.6 Å². The van der Waals surface area contributed by atoms with E-state index in [0.717, 1.165) is 36.1 Å². The molecule has 0 radical (unpaired) electrons. The zero-order valence-electron chi connectivity index (χ0n) is 15.4. The van der Waals surface area contributed by atoms with Crippen molar-refractivity contribution in [2.75, 3.05) is 19.0 Å². The van der Waals surface area contributed by atoms with Gasteiger partial charge in [0.1, 0.15) is 11.5 Å². The minimum absolute atomic E-state index is 0.166. The zero-order valence-corrected chi connectivity index (χ0v) is 16.2. The first kappa shape index (κ1) is 19.2. The molecule has 1 aliphatic carbocycles. The molecule has 1 aliphatic rings. The van der Waals surface area contributed by atoms with E-state index in [1.54, 1.807) is 19.1 Å². The van der Waals surface area contributed by atoms with E-state index < -0.39 is 5.97 Å². The molecule has 1 N–H and O–H groups in total. The van der Waals surface area contributed by atoms with Crippen LogP contribution in [-0.2, 0) is 28.9 Å². The summed E-state index contributed by atoms with van der Waals surface area (Å²) in [6.45, 7) is 1.86. The number of aryl methyl sites for hydroxylation is 1. The number of amides is 1. The molecule has 8 heteroatoms. The van der Waals surface area contributed by atoms with Crippen LogP contribution in [0.15, 0.2) is 23.1 Å². The van der Waals surface area contributed by atoms with E-state index in [0.29, 0.717) is 10.6 Å². The number of thiophene rings is 1. The molecule has 0 saturated carbocycles. The van der Waals surface area contributed by atoms with Crippen molar-refractivity contribution in [2.45, 2.75) is 39.2 Å². The minimum Gasteiger partial charge on any atom is -0.491 e. The van der Waals surface area contributed by atoms with E-state index in [1.807, 2.05) is 0 Å². The van der Waals surface area contributed by atoms with Crippen LogP contribution in [0, 0.1) is 0 Å². The van der Waals surface area contributed by atoms with Crippen molar-refractivity contribution < 1.29 is 19.1 Å². The van der Waals surface area contributed by atoms with E-state index >= 15 is 0 Å². The summed E-state index contributed by atoms with van der Waals surface area (Å²) < 4.78 is 11.5. The molecule has 0 aliphatic heterocycles. The summed E-state index contributed by atoms with van der Waals surface area (Å²) in [7, 11) is 1.41. The monoisotopic (exact) mass is 390 g/mol. The first-order valence-corrected chi connectivity index (χ1v) is 9.71. The van der Waals surface area contributed by atoms with E-state index in [2.05, 4.69) is 5.32 Å². The maximum atomic E-state index is 12.5. The molecule has 7 nitrogen and oxygen atoms in total. The number of hydrogen-bond donors (Lipinski definition) is 1. The third-order valence-electron chi connectivity index (χ3n) is 4.42. The topological polar surface area (TPSA) is 86.6 Å². The minimum atomic E-state index is -0.411. The van der Waals surface area contributed by atoms with Crippen LogP contribution >= 0.6 is 11.3 Å². The molecule has 0 spiro atoms. The second-order valence-electron chi connectivity index (χ2n) is 6.19. The molecule has 2 aromatic heterocycles. The van der Waals surface area contributed by atoms with Crippen LogP contribution in [-0.4, -0.2) is 30.2 Å². The highest BCUT2D eigenvalue weighted by Crippen LogP contribution is 2.38. The van der Waals surface area contributed by atoms with Crippen molar-refractivity contribution in [3.05, 3.63) is 44.7 Å². The van der Waals surface area contributed by atoms with E-state index in [4.69, 9.17) is 9.47 Å². The molecule has 0 saturated heterocycles. The lowest BCUT2D eigenvalue weighted by atomic mass is 9.95. The first-order chi connectivity index (χ1) is 13.0. The quantitative estimate of drug-likeness (QED) is 0.766. The summed E-state index contributed by atoms with van der Waals surface area (Å²) in [5, 5.41) is 3.30. The van der Waals surface area contributed by atoms with Gasteiger partial charge in [0, 0.05) is 11.1 Å². The lowest BCUT2D eigenvalue weighted by molar-refractivity contribution is -0.116. The Kier molecular flexibility index (Phi) is 5.95. The molecule has 144 valence electrons. The zero-order chi connectivity index (χ0) is 19.4. The van der Waals surface area contributed by atoms with Gasteiger partial charge in [-0.1, -0.05) is 0 Å². The summed E-state index contributed by atoms with van der Waals surface area (Å²) in [4.78, 5) is 38.3. The van der Waals surface area contributed by atoms with Gasteiger partial charge >= 0.3 is 5.97 Å². The number of nitrogens with zero attached hydrogens (tertiary/aromatic N) is 1. The van der Waals surface area contributed by atoms with Gasteiger partial charge in [0.05, 0.1) is 19.3 Å². The fraction of sp³-hybridized carbons (Fsp3) is 0.421. The standard InChI is InChI=1S/C19H22N2O5S/c1-3-26-19(24)16-12-7-4-5-9-14(12)27-17(16)20-15(22)11-21-10-6-8-13(25-2)18(21)23/h6,8,10H,3-5,7,9,11H2,1-2H3,(H,20,22). The summed E-state index contributed by atoms with van der Waals surface area (Å²) >= 11 is 1.42. The second-order valence-corrected chi connectivity index (χ2v) is 7.30. The van der Waals surface area contributed by atoms with Crippen molar-refractivity contribution >= 4 is 28.2 Å². The van der Waals surface area contributed by atoms with Crippen LogP contribution in [0.3, 0.4) is 0 Å². The van der Waals surface area contributed by atoms with Crippen LogP contribution < -0.4 is 15.6 Å². The SMILES string of the molecule is CCOC(=O)c1c(NC(=O)Cn2cccc(OC)c2=O)sc2c1CCCC2. The predicted octanol–water partition coefficient (Wildman–Crippen LogP) is 2.61. The maximum absolute atomic E-state index is 12.5. The number of rotatable bonds is 6. The summed E-state index contributed by atoms with van der Waals surface area (Å²) in [5.74, 6) is -0.621. The van der Waals surface area contributed by atoms with Crippen molar-refractivity contribution in [1.29, 1.82) is 0 Å². The van der Waals surface area contributed by atoms with Gasteiger partial charge in [0.15, 0.2) is 5.75 Å². The summed E-state index contributed by atoms with van der Waals surface area (Å²) in [5.41, 5.74) is 1.06. The Labute approximate surface area is 160 Å². The molecule has 0 bridgehead atoms. The van der Waals surface area contributed by atoms with Gasteiger partial charge in [-0.3, -0.25) is 9.59 Å². The van der Waals surface area contributed by atoms with Crippen molar-refractivity contribution in [3.63, 3.8) is 0 Å². The molecule has 0 unspecified atom stereocenters. The molecule has 0 fully saturated rings. The van der Waals surface area contributed by atoms with Gasteiger partial charge in [0.2, 0.25) is 5.91 Å². The number of hydrogen-bond acceptors (Lipinski definition) is 6. The molecule has 1 amide bonds. The molecular formula is C19H22N2O5S. The Morgan fingerprint density at radius 3 is 2.81 bits per heavy atom. The van der Waals surface area contributed by atoms with E-state index in [1.165, 1.54) is 29.2 Å². The normalized spacial score (nSPS) is 13.0. The number of nitrogens with one attached hydrogen (secondary N) is 1. The van der Waals surface area contributed by atoms with Crippen molar-refractivity contribution in [2.24, 2.45) is 0 Å². The summed E-state index contributed by atoms with van der Waals surface area (Å²) in [6, 6.07) is 3.18. The van der Waals surface area contributed by atoms with Gasteiger partial charge in [-0.15, -0.1) is 11.3 Å². The highest BCUT2D eigenvalue weighted by atomic mass is 32.1. The molecule has 0 atom stereocenters. The third kappa shape index (κ3) is 4.05. The number of esters is 1. The average Bonchev–Trinajstić information content (AvgIpc) is 3.01. The predicted molar refractivity (Wildman–Crippen MR) is 103 cm³/mol. The molecule has 2 aromatic rings. The molecule has 3 rings (SSSR count). The van der Waals surface area contributed by atoms with Crippen LogP contribution in [0.4, 0.5) is 5.00 Å². The molecular weight excluding hydrogens is 368 g/mol. The van der Waals surface area contributed by atoms with Gasteiger partial charge in [0.25, 0.3) is 5.56 Å². The van der Waals surface area contributed by atoms with Crippen molar-refractivity contribution in [3.8, 4) is 5.75 Å². The van der Waals surface area contributed by atoms with Crippen LogP contribution in [0.25, 0.3) is 0 Å².